The number of carbonyl (C=O) groups excluding carboxylic acids is 2. The van der Waals surface area contributed by atoms with Crippen molar-refractivity contribution in [3.8, 4) is 11.5 Å². The molecule has 2 aromatic rings. The van der Waals surface area contributed by atoms with E-state index in [-0.39, 0.29) is 36.4 Å². The number of fused-ring (bicyclic) bond motifs is 1. The molecule has 1 aromatic heterocycles. The first-order valence-electron chi connectivity index (χ1n) is 10.9. The van der Waals surface area contributed by atoms with Crippen LogP contribution in [0.25, 0.3) is 0 Å². The summed E-state index contributed by atoms with van der Waals surface area (Å²) in [5.41, 5.74) is 1.15. The van der Waals surface area contributed by atoms with Crippen LogP contribution in [0.5, 0.6) is 11.5 Å². The number of methoxy groups -OCH3 is 1. The van der Waals surface area contributed by atoms with E-state index in [9.17, 15) is 9.59 Å². The summed E-state index contributed by atoms with van der Waals surface area (Å²) in [7, 11) is 1.63. The Balaban J connectivity index is 1.50. The Bertz CT molecular complexity index is 937. The first-order valence-corrected chi connectivity index (χ1v) is 11.8. The van der Waals surface area contributed by atoms with Gasteiger partial charge in [-0.1, -0.05) is 6.07 Å². The van der Waals surface area contributed by atoms with E-state index in [0.29, 0.717) is 18.9 Å². The highest BCUT2D eigenvalue weighted by Crippen LogP contribution is 2.35. The molecular formula is C24H30N2O4S. The molecule has 2 amide bonds. The van der Waals surface area contributed by atoms with Crippen LogP contribution in [0, 0.1) is 5.92 Å². The summed E-state index contributed by atoms with van der Waals surface area (Å²) in [5, 5.41) is 2.08. The number of hydrogen-bond acceptors (Lipinski definition) is 5. The molecule has 1 saturated carbocycles. The highest BCUT2D eigenvalue weighted by molar-refractivity contribution is 7.10. The molecule has 1 fully saturated rings. The van der Waals surface area contributed by atoms with Gasteiger partial charge in [-0.05, 0) is 62.3 Å². The van der Waals surface area contributed by atoms with Gasteiger partial charge in [0, 0.05) is 29.4 Å². The normalized spacial score (nSPS) is 17.9. The van der Waals surface area contributed by atoms with Gasteiger partial charge in [-0.25, -0.2) is 0 Å². The lowest BCUT2D eigenvalue weighted by Gasteiger charge is -2.37. The van der Waals surface area contributed by atoms with Crippen molar-refractivity contribution in [2.45, 2.75) is 45.2 Å². The second-order valence-electron chi connectivity index (χ2n) is 8.48. The average molecular weight is 443 g/mol. The van der Waals surface area contributed by atoms with Crippen molar-refractivity contribution in [2.24, 2.45) is 5.92 Å². The Labute approximate surface area is 187 Å². The van der Waals surface area contributed by atoms with E-state index in [1.165, 1.54) is 4.88 Å². The monoisotopic (exact) mass is 442 g/mol. The molecule has 1 aliphatic carbocycles. The molecule has 1 aromatic carbocycles. The van der Waals surface area contributed by atoms with Crippen molar-refractivity contribution in [1.29, 1.82) is 0 Å². The van der Waals surface area contributed by atoms with E-state index >= 15 is 0 Å². The van der Waals surface area contributed by atoms with Crippen LogP contribution >= 0.6 is 11.3 Å². The second-order valence-corrected chi connectivity index (χ2v) is 9.48. The van der Waals surface area contributed by atoms with E-state index in [4.69, 9.17) is 9.47 Å². The molecular weight excluding hydrogens is 412 g/mol. The molecule has 166 valence electrons. The number of carbonyl (C=O) groups is 2. The van der Waals surface area contributed by atoms with Crippen molar-refractivity contribution in [1.82, 2.24) is 9.80 Å². The summed E-state index contributed by atoms with van der Waals surface area (Å²) >= 11 is 1.73. The summed E-state index contributed by atoms with van der Waals surface area (Å²) in [6.45, 7) is 5.08. The molecule has 6 nitrogen and oxygen atoms in total. The van der Waals surface area contributed by atoms with Gasteiger partial charge in [0.15, 0.2) is 0 Å². The van der Waals surface area contributed by atoms with Crippen LogP contribution in [-0.2, 0) is 16.0 Å². The number of nitrogens with zero attached hydrogens (tertiary/aromatic N) is 2. The zero-order chi connectivity index (χ0) is 22.0. The molecule has 0 N–H and O–H groups in total. The predicted octanol–water partition coefficient (Wildman–Crippen LogP) is 3.91. The van der Waals surface area contributed by atoms with Crippen molar-refractivity contribution < 1.29 is 19.1 Å². The molecule has 0 saturated heterocycles. The minimum atomic E-state index is -0.168. The number of ether oxygens (including phenoxy) is 2. The lowest BCUT2D eigenvalue weighted by atomic mass is 10.00. The van der Waals surface area contributed by atoms with Gasteiger partial charge in [0.05, 0.1) is 13.2 Å². The molecule has 7 heteroatoms. The maximum Gasteiger partial charge on any atom is 0.242 e. The molecule has 0 bridgehead atoms. The Kier molecular flexibility index (Phi) is 6.51. The first-order chi connectivity index (χ1) is 15.0. The molecule has 0 unspecified atom stereocenters. The fraction of sp³-hybridized carbons (Fsp3) is 0.500. The molecule has 0 spiro atoms. The zero-order valence-electron chi connectivity index (χ0n) is 18.4. The number of thiophene rings is 1. The van der Waals surface area contributed by atoms with E-state index in [1.54, 1.807) is 23.3 Å². The summed E-state index contributed by atoms with van der Waals surface area (Å²) < 4.78 is 11.4. The lowest BCUT2D eigenvalue weighted by Crippen LogP contribution is -2.49. The van der Waals surface area contributed by atoms with E-state index in [1.807, 2.05) is 43.0 Å². The standard InChI is InChI=1S/C24H30N2O4S/c1-16(2)26(24(28)17-7-8-17)14-23(27)25-11-9-22-20(10-12-31-22)21(25)15-30-19-6-4-5-18(13-19)29-3/h4-6,10,12-13,16-17,21H,7-9,11,14-15H2,1-3H3/t21-/m1/s1. The molecule has 2 heterocycles. The third-order valence-electron chi connectivity index (χ3n) is 6.00. The fourth-order valence-electron chi connectivity index (χ4n) is 4.06. The predicted molar refractivity (Wildman–Crippen MR) is 121 cm³/mol. The Morgan fingerprint density at radius 1 is 1.23 bits per heavy atom. The highest BCUT2D eigenvalue weighted by Gasteiger charge is 2.38. The smallest absolute Gasteiger partial charge is 0.242 e. The van der Waals surface area contributed by atoms with Crippen LogP contribution < -0.4 is 9.47 Å². The van der Waals surface area contributed by atoms with Gasteiger partial charge < -0.3 is 19.3 Å². The van der Waals surface area contributed by atoms with Gasteiger partial charge in [0.2, 0.25) is 11.8 Å². The van der Waals surface area contributed by atoms with E-state index in [2.05, 4.69) is 11.4 Å². The van der Waals surface area contributed by atoms with Crippen LogP contribution in [0.4, 0.5) is 0 Å². The summed E-state index contributed by atoms with van der Waals surface area (Å²) in [6, 6.07) is 9.42. The quantitative estimate of drug-likeness (QED) is 0.622. The highest BCUT2D eigenvalue weighted by atomic mass is 32.1. The summed E-state index contributed by atoms with van der Waals surface area (Å²) in [5.74, 6) is 1.64. The van der Waals surface area contributed by atoms with Crippen molar-refractivity contribution in [3.05, 3.63) is 46.2 Å². The minimum Gasteiger partial charge on any atom is -0.497 e. The Morgan fingerprint density at radius 2 is 2.00 bits per heavy atom. The number of hydrogen-bond donors (Lipinski definition) is 0. The van der Waals surface area contributed by atoms with Crippen molar-refractivity contribution in [3.63, 3.8) is 0 Å². The van der Waals surface area contributed by atoms with Gasteiger partial charge in [-0.3, -0.25) is 9.59 Å². The average Bonchev–Trinajstić information content (AvgIpc) is 3.51. The third kappa shape index (κ3) is 4.87. The van der Waals surface area contributed by atoms with Crippen molar-refractivity contribution in [2.75, 3.05) is 26.8 Å². The summed E-state index contributed by atoms with van der Waals surface area (Å²) in [4.78, 5) is 31.0. The maximum absolute atomic E-state index is 13.4. The van der Waals surface area contributed by atoms with Crippen molar-refractivity contribution >= 4 is 23.2 Å². The largest absolute Gasteiger partial charge is 0.497 e. The number of benzene rings is 1. The molecule has 2 aliphatic rings. The molecule has 0 radical (unpaired) electrons. The maximum atomic E-state index is 13.4. The van der Waals surface area contributed by atoms with Crippen LogP contribution in [0.3, 0.4) is 0 Å². The van der Waals surface area contributed by atoms with Gasteiger partial charge in [0.25, 0.3) is 0 Å². The molecule has 1 aliphatic heterocycles. The van der Waals surface area contributed by atoms with Crippen LogP contribution in [0.2, 0.25) is 0 Å². The molecule has 31 heavy (non-hydrogen) atoms. The fourth-order valence-corrected chi connectivity index (χ4v) is 4.99. The van der Waals surface area contributed by atoms with E-state index in [0.717, 1.165) is 30.6 Å². The number of rotatable bonds is 8. The lowest BCUT2D eigenvalue weighted by molar-refractivity contribution is -0.144. The SMILES string of the molecule is COc1cccc(OC[C@@H]2c3ccsc3CCN2C(=O)CN(C(=O)C2CC2)C(C)C)c1. The molecule has 1 atom stereocenters. The topological polar surface area (TPSA) is 59.1 Å². The van der Waals surface area contributed by atoms with Gasteiger partial charge >= 0.3 is 0 Å². The van der Waals surface area contributed by atoms with Gasteiger partial charge in [-0.15, -0.1) is 11.3 Å². The third-order valence-corrected chi connectivity index (χ3v) is 7.00. The van der Waals surface area contributed by atoms with Crippen LogP contribution in [0.1, 0.15) is 43.2 Å². The second kappa shape index (κ2) is 9.30. The van der Waals surface area contributed by atoms with E-state index < -0.39 is 0 Å². The van der Waals surface area contributed by atoms with Crippen LogP contribution in [-0.4, -0.2) is 54.5 Å². The molecule has 4 rings (SSSR count). The first kappa shape index (κ1) is 21.7. The zero-order valence-corrected chi connectivity index (χ0v) is 19.2. The Hall–Kier alpha value is -2.54. The number of amides is 2. The minimum absolute atomic E-state index is 0.00466. The van der Waals surface area contributed by atoms with Gasteiger partial charge in [-0.2, -0.15) is 0 Å². The van der Waals surface area contributed by atoms with Gasteiger partial charge in [0.1, 0.15) is 24.7 Å². The Morgan fingerprint density at radius 3 is 2.71 bits per heavy atom. The van der Waals surface area contributed by atoms with Crippen LogP contribution in [0.15, 0.2) is 35.7 Å². The summed E-state index contributed by atoms with van der Waals surface area (Å²) in [6.07, 6.45) is 2.72.